The van der Waals surface area contributed by atoms with Gasteiger partial charge in [-0.1, -0.05) is 12.1 Å². The number of ether oxygens (including phenoxy) is 2. The first-order valence-electron chi connectivity index (χ1n) is 6.08. The van der Waals surface area contributed by atoms with E-state index in [1.807, 2.05) is 12.1 Å². The minimum Gasteiger partial charge on any atom is -0.496 e. The topological polar surface area (TPSA) is 44.5 Å². The number of nitrogens with two attached hydrogens (primary N) is 1. The second-order valence-corrected chi connectivity index (χ2v) is 4.19. The van der Waals surface area contributed by atoms with Gasteiger partial charge in [0.1, 0.15) is 12.4 Å². The second-order valence-electron chi connectivity index (χ2n) is 4.19. The highest BCUT2D eigenvalue weighted by Gasteiger charge is 2.10. The molecule has 5 heteroatoms. The van der Waals surface area contributed by atoms with Crippen molar-refractivity contribution in [2.24, 2.45) is 5.73 Å². The lowest BCUT2D eigenvalue weighted by molar-refractivity contribution is 0.277. The molecule has 2 N–H and O–H groups in total. The lowest BCUT2D eigenvalue weighted by Crippen LogP contribution is -2.03. The van der Waals surface area contributed by atoms with E-state index in [9.17, 15) is 8.78 Å². The van der Waals surface area contributed by atoms with Gasteiger partial charge in [0, 0.05) is 12.1 Å². The monoisotopic (exact) mass is 279 g/mol. The normalized spacial score (nSPS) is 10.4. The molecule has 0 atom stereocenters. The zero-order valence-corrected chi connectivity index (χ0v) is 11.0. The molecule has 2 aromatic rings. The highest BCUT2D eigenvalue weighted by Crippen LogP contribution is 2.24. The van der Waals surface area contributed by atoms with Crippen LogP contribution in [0.15, 0.2) is 36.4 Å². The van der Waals surface area contributed by atoms with E-state index in [0.717, 1.165) is 17.2 Å². The zero-order valence-electron chi connectivity index (χ0n) is 11.0. The molecule has 0 saturated heterocycles. The average molecular weight is 279 g/mol. The smallest absolute Gasteiger partial charge is 0.200 e. The van der Waals surface area contributed by atoms with Gasteiger partial charge in [0.2, 0.25) is 5.82 Å². The minimum atomic E-state index is -0.999. The number of methoxy groups -OCH3 is 1. The fourth-order valence-electron chi connectivity index (χ4n) is 1.82. The van der Waals surface area contributed by atoms with Gasteiger partial charge in [-0.05, 0) is 29.8 Å². The molecular formula is C15H15F2NO2. The van der Waals surface area contributed by atoms with Crippen molar-refractivity contribution in [2.45, 2.75) is 13.2 Å². The lowest BCUT2D eigenvalue weighted by Gasteiger charge is -2.12. The second kappa shape index (κ2) is 6.34. The maximum atomic E-state index is 13.5. The summed E-state index contributed by atoms with van der Waals surface area (Å²) in [6.45, 7) is 0.447. The van der Waals surface area contributed by atoms with Crippen LogP contribution in [0.3, 0.4) is 0 Å². The highest BCUT2D eigenvalue weighted by atomic mass is 19.2. The van der Waals surface area contributed by atoms with E-state index in [1.54, 1.807) is 6.07 Å². The predicted octanol–water partition coefficient (Wildman–Crippen LogP) is 3.01. The van der Waals surface area contributed by atoms with E-state index < -0.39 is 11.6 Å². The molecule has 0 bridgehead atoms. The summed E-state index contributed by atoms with van der Waals surface area (Å²) < 4.78 is 37.1. The van der Waals surface area contributed by atoms with Crippen molar-refractivity contribution >= 4 is 0 Å². The number of halogens is 2. The molecule has 0 aliphatic heterocycles. The molecule has 0 saturated carbocycles. The molecule has 0 aliphatic carbocycles. The van der Waals surface area contributed by atoms with Crippen LogP contribution < -0.4 is 15.2 Å². The molecule has 20 heavy (non-hydrogen) atoms. The fourth-order valence-corrected chi connectivity index (χ4v) is 1.82. The summed E-state index contributed by atoms with van der Waals surface area (Å²) in [5, 5.41) is 0. The van der Waals surface area contributed by atoms with Crippen LogP contribution in [-0.2, 0) is 13.2 Å². The van der Waals surface area contributed by atoms with Crippen molar-refractivity contribution in [1.29, 1.82) is 0 Å². The zero-order chi connectivity index (χ0) is 14.5. The molecule has 2 aromatic carbocycles. The minimum absolute atomic E-state index is 0.0669. The summed E-state index contributed by atoms with van der Waals surface area (Å²) in [6, 6.07) is 9.22. The Hall–Kier alpha value is -2.14. The van der Waals surface area contributed by atoms with Gasteiger partial charge in [0.25, 0.3) is 0 Å². The largest absolute Gasteiger partial charge is 0.496 e. The fraction of sp³-hybridized carbons (Fsp3) is 0.200. The third kappa shape index (κ3) is 3.05. The van der Waals surface area contributed by atoms with E-state index in [1.165, 1.54) is 19.2 Å². The molecule has 0 aromatic heterocycles. The molecule has 0 aliphatic rings. The number of rotatable bonds is 5. The van der Waals surface area contributed by atoms with Gasteiger partial charge < -0.3 is 15.2 Å². The van der Waals surface area contributed by atoms with Crippen LogP contribution >= 0.6 is 0 Å². The highest BCUT2D eigenvalue weighted by molar-refractivity contribution is 5.37. The Kier molecular flexibility index (Phi) is 4.53. The van der Waals surface area contributed by atoms with Crippen LogP contribution in [0.25, 0.3) is 0 Å². The molecular weight excluding hydrogens is 264 g/mol. The third-order valence-corrected chi connectivity index (χ3v) is 2.88. The number of hydrogen-bond acceptors (Lipinski definition) is 3. The van der Waals surface area contributed by atoms with Crippen LogP contribution in [0.1, 0.15) is 11.1 Å². The summed E-state index contributed by atoms with van der Waals surface area (Å²) in [5.74, 6) is -1.46. The van der Waals surface area contributed by atoms with E-state index in [-0.39, 0.29) is 12.4 Å². The Morgan fingerprint density at radius 3 is 2.60 bits per heavy atom. The molecule has 0 heterocycles. The van der Waals surface area contributed by atoms with E-state index in [2.05, 4.69) is 0 Å². The summed E-state index contributed by atoms with van der Waals surface area (Å²) in [5.41, 5.74) is 7.20. The van der Waals surface area contributed by atoms with E-state index >= 15 is 0 Å². The van der Waals surface area contributed by atoms with Crippen LogP contribution in [0.4, 0.5) is 8.78 Å². The quantitative estimate of drug-likeness (QED) is 0.915. The van der Waals surface area contributed by atoms with Gasteiger partial charge >= 0.3 is 0 Å². The molecule has 0 spiro atoms. The van der Waals surface area contributed by atoms with Crippen molar-refractivity contribution < 1.29 is 18.3 Å². The van der Waals surface area contributed by atoms with Gasteiger partial charge in [0.05, 0.1) is 7.11 Å². The van der Waals surface area contributed by atoms with E-state index in [4.69, 9.17) is 15.2 Å². The maximum absolute atomic E-state index is 13.5. The summed E-state index contributed by atoms with van der Waals surface area (Å²) in [4.78, 5) is 0. The average Bonchev–Trinajstić information content (AvgIpc) is 2.48. The maximum Gasteiger partial charge on any atom is 0.200 e. The molecule has 0 radical (unpaired) electrons. The SMILES string of the molecule is COc1ccc(CN)cc1COc1cccc(F)c1F. The van der Waals surface area contributed by atoms with Gasteiger partial charge in [-0.25, -0.2) is 4.39 Å². The Bertz CT molecular complexity index is 602. The number of hydrogen-bond donors (Lipinski definition) is 1. The molecule has 106 valence electrons. The van der Waals surface area contributed by atoms with Gasteiger partial charge in [-0.2, -0.15) is 4.39 Å². The first kappa shape index (κ1) is 14.3. The van der Waals surface area contributed by atoms with Gasteiger partial charge in [-0.3, -0.25) is 0 Å². The van der Waals surface area contributed by atoms with Crippen molar-refractivity contribution in [3.63, 3.8) is 0 Å². The first-order valence-corrected chi connectivity index (χ1v) is 6.08. The number of benzene rings is 2. The van der Waals surface area contributed by atoms with Crippen molar-refractivity contribution in [1.82, 2.24) is 0 Å². The Balaban J connectivity index is 2.19. The predicted molar refractivity (Wildman–Crippen MR) is 71.6 cm³/mol. The standard InChI is InChI=1S/C15H15F2NO2/c1-19-13-6-5-10(8-18)7-11(13)9-20-14-4-2-3-12(16)15(14)17/h2-7H,8-9,18H2,1H3. The summed E-state index contributed by atoms with van der Waals surface area (Å²) >= 11 is 0. The summed E-state index contributed by atoms with van der Waals surface area (Å²) in [6.07, 6.45) is 0. The molecule has 0 amide bonds. The Morgan fingerprint density at radius 2 is 1.90 bits per heavy atom. The third-order valence-electron chi connectivity index (χ3n) is 2.88. The van der Waals surface area contributed by atoms with E-state index in [0.29, 0.717) is 12.3 Å². The van der Waals surface area contributed by atoms with Crippen molar-refractivity contribution in [2.75, 3.05) is 7.11 Å². The lowest BCUT2D eigenvalue weighted by atomic mass is 10.1. The summed E-state index contributed by atoms with van der Waals surface area (Å²) in [7, 11) is 1.53. The van der Waals surface area contributed by atoms with Crippen molar-refractivity contribution in [3.8, 4) is 11.5 Å². The van der Waals surface area contributed by atoms with Crippen molar-refractivity contribution in [3.05, 3.63) is 59.2 Å². The molecule has 0 unspecified atom stereocenters. The Morgan fingerprint density at radius 1 is 1.10 bits per heavy atom. The van der Waals surface area contributed by atoms with Gasteiger partial charge in [-0.15, -0.1) is 0 Å². The van der Waals surface area contributed by atoms with Crippen LogP contribution in [0.2, 0.25) is 0 Å². The molecule has 3 nitrogen and oxygen atoms in total. The van der Waals surface area contributed by atoms with Gasteiger partial charge in [0.15, 0.2) is 11.6 Å². The molecule has 0 fully saturated rings. The van der Waals surface area contributed by atoms with Crippen LogP contribution in [0.5, 0.6) is 11.5 Å². The van der Waals surface area contributed by atoms with Crippen LogP contribution in [-0.4, -0.2) is 7.11 Å². The Labute approximate surface area is 115 Å². The first-order chi connectivity index (χ1) is 9.65. The van der Waals surface area contributed by atoms with Crippen LogP contribution in [0, 0.1) is 11.6 Å². The molecule has 2 rings (SSSR count).